The van der Waals surface area contributed by atoms with Gasteiger partial charge in [-0.1, -0.05) is 41.6 Å². The zero-order chi connectivity index (χ0) is 21.2. The number of nitrogens with zero attached hydrogens (tertiary/aromatic N) is 5. The summed E-state index contributed by atoms with van der Waals surface area (Å²) < 4.78 is 12.6. The molecule has 0 bridgehead atoms. The number of carbonyl (C=O) groups excluding carboxylic acids is 1. The first-order valence-corrected chi connectivity index (χ1v) is 10.5. The molecule has 1 fully saturated rings. The predicted octanol–water partition coefficient (Wildman–Crippen LogP) is 2.32. The normalized spacial score (nSPS) is 16.0. The van der Waals surface area contributed by atoms with Crippen molar-refractivity contribution in [2.45, 2.75) is 20.0 Å². The second kappa shape index (κ2) is 8.39. The van der Waals surface area contributed by atoms with E-state index in [0.717, 1.165) is 42.4 Å². The van der Waals surface area contributed by atoms with E-state index >= 15 is 0 Å². The van der Waals surface area contributed by atoms with Gasteiger partial charge in [0.1, 0.15) is 0 Å². The van der Waals surface area contributed by atoms with E-state index in [1.165, 1.54) is 5.56 Å². The standard InChI is InChI=1S/C23H25N5O3/c1-17-22(24-25-28(17)15-18-5-3-2-4-6-18)23(29)27-11-9-26(10-12-27)14-19-7-8-20-21(13-19)31-16-30-20/h2-8,13H,9-12,14-16H2,1H3. The number of amides is 1. The van der Waals surface area contributed by atoms with E-state index in [4.69, 9.17) is 9.47 Å². The Kier molecular flexibility index (Phi) is 5.30. The van der Waals surface area contributed by atoms with Gasteiger partial charge in [0.15, 0.2) is 17.2 Å². The Morgan fingerprint density at radius 3 is 2.52 bits per heavy atom. The second-order valence-electron chi connectivity index (χ2n) is 7.92. The number of aromatic nitrogens is 3. The van der Waals surface area contributed by atoms with Gasteiger partial charge in [-0.3, -0.25) is 9.69 Å². The summed E-state index contributed by atoms with van der Waals surface area (Å²) in [5, 5.41) is 8.40. The number of ether oxygens (including phenoxy) is 2. The summed E-state index contributed by atoms with van der Waals surface area (Å²) in [6.45, 7) is 6.61. The fourth-order valence-corrected chi connectivity index (χ4v) is 4.02. The van der Waals surface area contributed by atoms with Gasteiger partial charge in [0, 0.05) is 32.7 Å². The van der Waals surface area contributed by atoms with Gasteiger partial charge in [0.25, 0.3) is 5.91 Å². The Morgan fingerprint density at radius 2 is 1.71 bits per heavy atom. The van der Waals surface area contributed by atoms with Crippen LogP contribution in [-0.4, -0.2) is 63.7 Å². The van der Waals surface area contributed by atoms with Gasteiger partial charge in [-0.2, -0.15) is 0 Å². The molecule has 0 unspecified atom stereocenters. The summed E-state index contributed by atoms with van der Waals surface area (Å²) in [5.74, 6) is 1.56. The largest absolute Gasteiger partial charge is 0.454 e. The number of carbonyl (C=O) groups is 1. The van der Waals surface area contributed by atoms with Crippen LogP contribution in [0.15, 0.2) is 48.5 Å². The molecule has 3 aromatic rings. The first-order valence-electron chi connectivity index (χ1n) is 10.5. The number of rotatable bonds is 5. The van der Waals surface area contributed by atoms with Crippen molar-refractivity contribution in [2.75, 3.05) is 33.0 Å². The lowest BCUT2D eigenvalue weighted by Crippen LogP contribution is -2.48. The molecular formula is C23H25N5O3. The highest BCUT2D eigenvalue weighted by Crippen LogP contribution is 2.32. The molecule has 0 aliphatic carbocycles. The highest BCUT2D eigenvalue weighted by atomic mass is 16.7. The highest BCUT2D eigenvalue weighted by Gasteiger charge is 2.26. The number of fused-ring (bicyclic) bond motifs is 1. The maximum Gasteiger partial charge on any atom is 0.276 e. The highest BCUT2D eigenvalue weighted by molar-refractivity contribution is 5.93. The molecule has 5 rings (SSSR count). The van der Waals surface area contributed by atoms with E-state index in [2.05, 4.69) is 21.3 Å². The molecule has 8 heteroatoms. The average molecular weight is 419 g/mol. The van der Waals surface area contributed by atoms with Gasteiger partial charge in [0.2, 0.25) is 6.79 Å². The van der Waals surface area contributed by atoms with E-state index in [9.17, 15) is 4.79 Å². The molecular weight excluding hydrogens is 394 g/mol. The van der Waals surface area contributed by atoms with Crippen molar-refractivity contribution in [3.63, 3.8) is 0 Å². The average Bonchev–Trinajstić information content (AvgIpc) is 3.41. The second-order valence-corrected chi connectivity index (χ2v) is 7.92. The Hall–Kier alpha value is -3.39. The molecule has 160 valence electrons. The Balaban J connectivity index is 1.18. The van der Waals surface area contributed by atoms with Crippen molar-refractivity contribution in [1.29, 1.82) is 0 Å². The van der Waals surface area contributed by atoms with Gasteiger partial charge in [-0.15, -0.1) is 5.10 Å². The third-order valence-corrected chi connectivity index (χ3v) is 5.86. The number of hydrogen-bond acceptors (Lipinski definition) is 6. The van der Waals surface area contributed by atoms with Crippen LogP contribution in [0.4, 0.5) is 0 Å². The zero-order valence-electron chi connectivity index (χ0n) is 17.5. The number of benzene rings is 2. The number of hydrogen-bond donors (Lipinski definition) is 0. The lowest BCUT2D eigenvalue weighted by molar-refractivity contribution is 0.0622. The minimum atomic E-state index is -0.0421. The van der Waals surface area contributed by atoms with Gasteiger partial charge in [-0.25, -0.2) is 4.68 Å². The summed E-state index contributed by atoms with van der Waals surface area (Å²) in [6, 6.07) is 16.1. The minimum absolute atomic E-state index is 0.0421. The fraction of sp³-hybridized carbons (Fsp3) is 0.348. The van der Waals surface area contributed by atoms with Crippen LogP contribution in [0, 0.1) is 6.92 Å². The molecule has 2 aliphatic rings. The lowest BCUT2D eigenvalue weighted by atomic mass is 10.1. The van der Waals surface area contributed by atoms with E-state index < -0.39 is 0 Å². The Labute approximate surface area is 181 Å². The molecule has 31 heavy (non-hydrogen) atoms. The smallest absolute Gasteiger partial charge is 0.276 e. The monoisotopic (exact) mass is 419 g/mol. The Bertz CT molecular complexity index is 1070. The SMILES string of the molecule is Cc1c(C(=O)N2CCN(Cc3ccc4c(c3)OCO4)CC2)nnn1Cc1ccccc1. The summed E-state index contributed by atoms with van der Waals surface area (Å²) >= 11 is 0. The maximum atomic E-state index is 13.0. The van der Waals surface area contributed by atoms with Crippen LogP contribution >= 0.6 is 0 Å². The van der Waals surface area contributed by atoms with Crippen LogP contribution in [-0.2, 0) is 13.1 Å². The van der Waals surface area contributed by atoms with Crippen molar-refractivity contribution in [3.05, 3.63) is 71.0 Å². The maximum absolute atomic E-state index is 13.0. The van der Waals surface area contributed by atoms with Crippen molar-refractivity contribution in [3.8, 4) is 11.5 Å². The Morgan fingerprint density at radius 1 is 0.935 bits per heavy atom. The molecule has 1 aromatic heterocycles. The van der Waals surface area contributed by atoms with Crippen molar-refractivity contribution < 1.29 is 14.3 Å². The van der Waals surface area contributed by atoms with Crippen molar-refractivity contribution >= 4 is 5.91 Å². The summed E-state index contributed by atoms with van der Waals surface area (Å²) in [7, 11) is 0. The summed E-state index contributed by atoms with van der Waals surface area (Å²) in [4.78, 5) is 17.3. The first kappa shape index (κ1) is 19.6. The molecule has 2 aliphatic heterocycles. The fourth-order valence-electron chi connectivity index (χ4n) is 4.02. The molecule has 2 aromatic carbocycles. The molecule has 0 N–H and O–H groups in total. The topological polar surface area (TPSA) is 72.7 Å². The van der Waals surface area contributed by atoms with Crippen LogP contribution < -0.4 is 9.47 Å². The van der Waals surface area contributed by atoms with Gasteiger partial charge in [-0.05, 0) is 30.2 Å². The quantitative estimate of drug-likeness (QED) is 0.632. The molecule has 0 atom stereocenters. The summed E-state index contributed by atoms with van der Waals surface area (Å²) in [5.41, 5.74) is 3.56. The third kappa shape index (κ3) is 4.11. The minimum Gasteiger partial charge on any atom is -0.454 e. The van der Waals surface area contributed by atoms with E-state index in [1.54, 1.807) is 4.68 Å². The van der Waals surface area contributed by atoms with Gasteiger partial charge in [0.05, 0.1) is 12.2 Å². The van der Waals surface area contributed by atoms with Crippen LogP contribution in [0.3, 0.4) is 0 Å². The predicted molar refractivity (Wildman–Crippen MR) is 114 cm³/mol. The molecule has 0 spiro atoms. The molecule has 1 amide bonds. The van der Waals surface area contributed by atoms with Crippen molar-refractivity contribution in [2.24, 2.45) is 0 Å². The van der Waals surface area contributed by atoms with Gasteiger partial charge < -0.3 is 14.4 Å². The third-order valence-electron chi connectivity index (χ3n) is 5.86. The van der Waals surface area contributed by atoms with Crippen LogP contribution in [0.5, 0.6) is 11.5 Å². The zero-order valence-corrected chi connectivity index (χ0v) is 17.5. The van der Waals surface area contributed by atoms with E-state index in [-0.39, 0.29) is 12.7 Å². The number of piperazine rings is 1. The molecule has 3 heterocycles. The molecule has 0 saturated carbocycles. The first-order chi connectivity index (χ1) is 15.2. The molecule has 8 nitrogen and oxygen atoms in total. The van der Waals surface area contributed by atoms with E-state index in [0.29, 0.717) is 25.3 Å². The van der Waals surface area contributed by atoms with Crippen molar-refractivity contribution in [1.82, 2.24) is 24.8 Å². The van der Waals surface area contributed by atoms with Gasteiger partial charge >= 0.3 is 0 Å². The molecule has 0 radical (unpaired) electrons. The van der Waals surface area contributed by atoms with E-state index in [1.807, 2.05) is 54.3 Å². The summed E-state index contributed by atoms with van der Waals surface area (Å²) in [6.07, 6.45) is 0. The van der Waals surface area contributed by atoms with Crippen LogP contribution in [0.2, 0.25) is 0 Å². The van der Waals surface area contributed by atoms with Crippen LogP contribution in [0.1, 0.15) is 27.3 Å². The molecule has 1 saturated heterocycles. The lowest BCUT2D eigenvalue weighted by Gasteiger charge is -2.34. The van der Waals surface area contributed by atoms with Crippen LogP contribution in [0.25, 0.3) is 0 Å².